The number of hydrogen-bond donors (Lipinski definition) is 1. The van der Waals surface area contributed by atoms with E-state index in [1.807, 2.05) is 0 Å². The Morgan fingerprint density at radius 3 is 2.89 bits per heavy atom. The van der Waals surface area contributed by atoms with E-state index in [9.17, 15) is 4.39 Å². The summed E-state index contributed by atoms with van der Waals surface area (Å²) < 4.78 is 17.7. The van der Waals surface area contributed by atoms with Crippen LogP contribution in [0.25, 0.3) is 0 Å². The van der Waals surface area contributed by atoms with Crippen LogP contribution in [0.1, 0.15) is 12.8 Å². The van der Waals surface area contributed by atoms with E-state index in [0.717, 1.165) is 6.42 Å². The van der Waals surface area contributed by atoms with Crippen LogP contribution in [0, 0.1) is 0 Å². The normalized spacial score (nSPS) is 36.7. The lowest BCUT2D eigenvalue weighted by molar-refractivity contribution is -0.0335. The van der Waals surface area contributed by atoms with Gasteiger partial charge in [-0.1, -0.05) is 0 Å². The van der Waals surface area contributed by atoms with Crippen molar-refractivity contribution in [2.45, 2.75) is 25.1 Å². The Labute approximate surface area is 54.2 Å². The Kier molecular flexibility index (Phi) is 2.42. The van der Waals surface area contributed by atoms with Crippen LogP contribution in [-0.2, 0) is 4.74 Å². The summed E-state index contributed by atoms with van der Waals surface area (Å²) in [5.41, 5.74) is 5.23. The topological polar surface area (TPSA) is 35.2 Å². The third-order valence-corrected chi connectivity index (χ3v) is 1.59. The maximum Gasteiger partial charge on any atom is 0.127 e. The number of halogens is 1. The Balaban J connectivity index is 2.30. The second-order valence-corrected chi connectivity index (χ2v) is 2.30. The molecule has 0 radical (unpaired) electrons. The summed E-state index contributed by atoms with van der Waals surface area (Å²) in [5.74, 6) is 0. The third kappa shape index (κ3) is 1.63. The number of hydrogen-bond acceptors (Lipinski definition) is 2. The molecule has 0 amide bonds. The average Bonchev–Trinajstić information content (AvgIpc) is 1.89. The molecular weight excluding hydrogens is 121 g/mol. The van der Waals surface area contributed by atoms with Gasteiger partial charge in [0.05, 0.1) is 0 Å². The first kappa shape index (κ1) is 6.96. The molecule has 1 rings (SSSR count). The van der Waals surface area contributed by atoms with E-state index in [-0.39, 0.29) is 6.10 Å². The first-order chi connectivity index (χ1) is 4.34. The molecular formula is C6H12FNO. The molecule has 0 aliphatic carbocycles. The molecule has 9 heavy (non-hydrogen) atoms. The van der Waals surface area contributed by atoms with Crippen molar-refractivity contribution in [3.05, 3.63) is 0 Å². The first-order valence-corrected chi connectivity index (χ1v) is 3.30. The van der Waals surface area contributed by atoms with Crippen molar-refractivity contribution in [2.75, 3.05) is 13.2 Å². The third-order valence-electron chi connectivity index (χ3n) is 1.59. The van der Waals surface area contributed by atoms with Gasteiger partial charge in [0, 0.05) is 13.2 Å². The van der Waals surface area contributed by atoms with E-state index in [1.54, 1.807) is 0 Å². The molecule has 0 aromatic rings. The van der Waals surface area contributed by atoms with E-state index >= 15 is 0 Å². The second kappa shape index (κ2) is 3.13. The number of ether oxygens (including phenoxy) is 1. The lowest BCUT2D eigenvalue weighted by atomic mass is 10.1. The smallest absolute Gasteiger partial charge is 0.127 e. The fourth-order valence-electron chi connectivity index (χ4n) is 1.02. The minimum absolute atomic E-state index is 0.307. The van der Waals surface area contributed by atoms with Gasteiger partial charge in [-0.05, 0) is 12.8 Å². The van der Waals surface area contributed by atoms with Crippen LogP contribution < -0.4 is 5.73 Å². The van der Waals surface area contributed by atoms with Gasteiger partial charge in [0.25, 0.3) is 0 Å². The van der Waals surface area contributed by atoms with Crippen molar-refractivity contribution in [2.24, 2.45) is 5.73 Å². The Hall–Kier alpha value is -0.150. The van der Waals surface area contributed by atoms with Crippen LogP contribution in [0.3, 0.4) is 0 Å². The zero-order valence-corrected chi connectivity index (χ0v) is 5.35. The molecule has 2 nitrogen and oxygen atoms in total. The highest BCUT2D eigenvalue weighted by molar-refractivity contribution is 4.73. The molecule has 1 fully saturated rings. The van der Waals surface area contributed by atoms with Gasteiger partial charge in [-0.3, -0.25) is 0 Å². The summed E-state index contributed by atoms with van der Waals surface area (Å²) in [5, 5.41) is 0. The zero-order valence-electron chi connectivity index (χ0n) is 5.35. The zero-order chi connectivity index (χ0) is 6.69. The quantitative estimate of drug-likeness (QED) is 0.564. The molecule has 54 valence electrons. The Bertz CT molecular complexity index is 89.1. The predicted octanol–water partition coefficient (Wildman–Crippen LogP) is 0.462. The molecule has 1 aliphatic heterocycles. The van der Waals surface area contributed by atoms with Gasteiger partial charge in [0.2, 0.25) is 0 Å². The highest BCUT2D eigenvalue weighted by atomic mass is 19.1. The fraction of sp³-hybridized carbons (Fsp3) is 1.00. The highest BCUT2D eigenvalue weighted by Gasteiger charge is 2.23. The minimum Gasteiger partial charge on any atom is -0.374 e. The summed E-state index contributed by atoms with van der Waals surface area (Å²) in [6, 6.07) is 0. The number of alkyl halides is 1. The molecule has 2 atom stereocenters. The van der Waals surface area contributed by atoms with Gasteiger partial charge in [-0.2, -0.15) is 0 Å². The van der Waals surface area contributed by atoms with Crippen LogP contribution in [0.5, 0.6) is 0 Å². The van der Waals surface area contributed by atoms with E-state index in [0.29, 0.717) is 19.6 Å². The summed E-state index contributed by atoms with van der Waals surface area (Å²) in [4.78, 5) is 0. The van der Waals surface area contributed by atoms with Crippen molar-refractivity contribution < 1.29 is 9.13 Å². The van der Waals surface area contributed by atoms with Crippen LogP contribution in [0.4, 0.5) is 4.39 Å². The summed E-state index contributed by atoms with van der Waals surface area (Å²) in [7, 11) is 0. The van der Waals surface area contributed by atoms with Crippen molar-refractivity contribution in [3.8, 4) is 0 Å². The summed E-state index contributed by atoms with van der Waals surface area (Å²) in [6.45, 7) is 0.976. The fourth-order valence-corrected chi connectivity index (χ4v) is 1.02. The number of nitrogens with two attached hydrogens (primary N) is 1. The van der Waals surface area contributed by atoms with E-state index < -0.39 is 6.17 Å². The molecule has 0 bridgehead atoms. The predicted molar refractivity (Wildman–Crippen MR) is 32.9 cm³/mol. The first-order valence-electron chi connectivity index (χ1n) is 3.30. The molecule has 1 aliphatic rings. The van der Waals surface area contributed by atoms with Crippen molar-refractivity contribution in [1.29, 1.82) is 0 Å². The molecule has 1 heterocycles. The molecule has 1 saturated heterocycles. The molecule has 0 spiro atoms. The molecule has 0 saturated carbocycles. The highest BCUT2D eigenvalue weighted by Crippen LogP contribution is 2.15. The lowest BCUT2D eigenvalue weighted by Gasteiger charge is -2.24. The van der Waals surface area contributed by atoms with Gasteiger partial charge in [0.15, 0.2) is 0 Å². The monoisotopic (exact) mass is 133 g/mol. The SMILES string of the molecule is NCC1OCCCC1F. The van der Waals surface area contributed by atoms with Crippen LogP contribution in [0.2, 0.25) is 0 Å². The maximum absolute atomic E-state index is 12.6. The Morgan fingerprint density at radius 2 is 2.44 bits per heavy atom. The Morgan fingerprint density at radius 1 is 1.67 bits per heavy atom. The van der Waals surface area contributed by atoms with Crippen LogP contribution >= 0.6 is 0 Å². The van der Waals surface area contributed by atoms with E-state index in [4.69, 9.17) is 10.5 Å². The van der Waals surface area contributed by atoms with Gasteiger partial charge < -0.3 is 10.5 Å². The number of rotatable bonds is 1. The maximum atomic E-state index is 12.6. The van der Waals surface area contributed by atoms with Crippen LogP contribution in [0.15, 0.2) is 0 Å². The summed E-state index contributed by atoms with van der Waals surface area (Å²) in [6.07, 6.45) is 0.280. The minimum atomic E-state index is -0.830. The van der Waals surface area contributed by atoms with E-state index in [1.165, 1.54) is 0 Å². The van der Waals surface area contributed by atoms with Gasteiger partial charge in [-0.25, -0.2) is 4.39 Å². The summed E-state index contributed by atoms with van der Waals surface area (Å²) >= 11 is 0. The van der Waals surface area contributed by atoms with Crippen molar-refractivity contribution in [1.82, 2.24) is 0 Å². The molecule has 3 heteroatoms. The second-order valence-electron chi connectivity index (χ2n) is 2.30. The van der Waals surface area contributed by atoms with Gasteiger partial charge >= 0.3 is 0 Å². The van der Waals surface area contributed by atoms with Gasteiger partial charge in [0.1, 0.15) is 12.3 Å². The van der Waals surface area contributed by atoms with E-state index in [2.05, 4.69) is 0 Å². The average molecular weight is 133 g/mol. The van der Waals surface area contributed by atoms with Gasteiger partial charge in [-0.15, -0.1) is 0 Å². The standard InChI is InChI=1S/C6H12FNO/c7-5-2-1-3-9-6(5)4-8/h5-6H,1-4,8H2. The molecule has 2 unspecified atom stereocenters. The van der Waals surface area contributed by atoms with Crippen molar-refractivity contribution >= 4 is 0 Å². The molecule has 0 aromatic heterocycles. The largest absolute Gasteiger partial charge is 0.374 e. The molecule has 2 N–H and O–H groups in total. The van der Waals surface area contributed by atoms with Crippen LogP contribution in [-0.4, -0.2) is 25.4 Å². The molecule has 0 aromatic carbocycles. The lowest BCUT2D eigenvalue weighted by Crippen LogP contribution is -2.37. The van der Waals surface area contributed by atoms with Crippen molar-refractivity contribution in [3.63, 3.8) is 0 Å².